The molecule has 0 fully saturated rings. The summed E-state index contributed by atoms with van der Waals surface area (Å²) < 4.78 is 5.13. The first-order chi connectivity index (χ1) is 10.7. The van der Waals surface area contributed by atoms with Gasteiger partial charge in [0.1, 0.15) is 5.01 Å². The zero-order valence-corrected chi connectivity index (χ0v) is 13.8. The maximum Gasteiger partial charge on any atom is 0.161 e. The first kappa shape index (κ1) is 16.7. The van der Waals surface area contributed by atoms with Gasteiger partial charge in [-0.2, -0.15) is 0 Å². The highest BCUT2D eigenvalue weighted by atomic mass is 32.1. The van der Waals surface area contributed by atoms with Crippen molar-refractivity contribution in [3.8, 4) is 22.1 Å². The number of hydrogen-bond acceptors (Lipinski definition) is 6. The number of ether oxygens (including phenoxy) is 1. The Balaban J connectivity index is 2.13. The number of benzene rings is 1. The van der Waals surface area contributed by atoms with Gasteiger partial charge in [-0.1, -0.05) is 6.92 Å². The van der Waals surface area contributed by atoms with Crippen LogP contribution in [0.5, 0.6) is 11.5 Å². The molecule has 1 heterocycles. The molecule has 1 aromatic carbocycles. The van der Waals surface area contributed by atoms with Gasteiger partial charge in [-0.3, -0.25) is 4.90 Å². The van der Waals surface area contributed by atoms with Gasteiger partial charge in [-0.05, 0) is 31.2 Å². The lowest BCUT2D eigenvalue weighted by Gasteiger charge is -2.18. The molecule has 1 aromatic heterocycles. The Bertz CT molecular complexity index is 595. The van der Waals surface area contributed by atoms with Crippen LogP contribution in [-0.4, -0.2) is 46.9 Å². The molecule has 0 radical (unpaired) electrons. The third kappa shape index (κ3) is 4.19. The molecule has 0 saturated carbocycles. The van der Waals surface area contributed by atoms with E-state index in [0.29, 0.717) is 12.3 Å². The first-order valence-corrected chi connectivity index (χ1v) is 8.20. The fraction of sp³-hybridized carbons (Fsp3) is 0.438. The Morgan fingerprint density at radius 3 is 2.82 bits per heavy atom. The summed E-state index contributed by atoms with van der Waals surface area (Å²) in [4.78, 5) is 6.84. The molecule has 0 aliphatic carbocycles. The van der Waals surface area contributed by atoms with Crippen LogP contribution in [-0.2, 0) is 6.54 Å². The lowest BCUT2D eigenvalue weighted by atomic mass is 10.2. The lowest BCUT2D eigenvalue weighted by Crippen LogP contribution is -2.27. The molecule has 0 unspecified atom stereocenters. The summed E-state index contributed by atoms with van der Waals surface area (Å²) in [5.74, 6) is 0.572. The highest BCUT2D eigenvalue weighted by Gasteiger charge is 2.11. The minimum atomic E-state index is 0.125. The molecular formula is C16H22N2O3S. The summed E-state index contributed by atoms with van der Waals surface area (Å²) in [6.07, 6.45) is 1.05. The van der Waals surface area contributed by atoms with Crippen molar-refractivity contribution in [3.63, 3.8) is 0 Å². The van der Waals surface area contributed by atoms with Gasteiger partial charge in [0, 0.05) is 24.0 Å². The number of aliphatic hydroxyl groups excluding tert-OH is 1. The number of nitrogens with zero attached hydrogens (tertiary/aromatic N) is 2. The van der Waals surface area contributed by atoms with Crippen LogP contribution in [0.1, 0.15) is 19.0 Å². The quantitative estimate of drug-likeness (QED) is 0.782. The summed E-state index contributed by atoms with van der Waals surface area (Å²) in [5, 5.41) is 21.7. The normalized spacial score (nSPS) is 11.1. The average molecular weight is 322 g/mol. The monoisotopic (exact) mass is 322 g/mol. The molecule has 0 atom stereocenters. The number of rotatable bonds is 8. The van der Waals surface area contributed by atoms with Crippen molar-refractivity contribution in [2.45, 2.75) is 19.9 Å². The van der Waals surface area contributed by atoms with E-state index in [1.54, 1.807) is 23.5 Å². The Morgan fingerprint density at radius 2 is 2.14 bits per heavy atom. The fourth-order valence-electron chi connectivity index (χ4n) is 2.28. The SMILES string of the molecule is CCCN(CCO)Cc1csc(-c2ccc(O)c(OC)c2)n1. The number of aromatic hydroxyl groups is 1. The highest BCUT2D eigenvalue weighted by molar-refractivity contribution is 7.13. The van der Waals surface area contributed by atoms with Crippen LogP contribution in [0.3, 0.4) is 0 Å². The van der Waals surface area contributed by atoms with Crippen molar-refractivity contribution < 1.29 is 14.9 Å². The summed E-state index contributed by atoms with van der Waals surface area (Å²) in [6.45, 7) is 4.63. The van der Waals surface area contributed by atoms with E-state index >= 15 is 0 Å². The topological polar surface area (TPSA) is 65.8 Å². The average Bonchev–Trinajstić information content (AvgIpc) is 2.97. The number of methoxy groups -OCH3 is 1. The molecule has 0 aliphatic rings. The van der Waals surface area contributed by atoms with Gasteiger partial charge in [0.15, 0.2) is 11.5 Å². The fourth-order valence-corrected chi connectivity index (χ4v) is 3.09. The van der Waals surface area contributed by atoms with Crippen molar-refractivity contribution in [2.75, 3.05) is 26.8 Å². The molecular weight excluding hydrogens is 300 g/mol. The van der Waals surface area contributed by atoms with E-state index in [2.05, 4.69) is 16.8 Å². The lowest BCUT2D eigenvalue weighted by molar-refractivity contribution is 0.189. The van der Waals surface area contributed by atoms with Crippen LogP contribution in [0.15, 0.2) is 23.6 Å². The van der Waals surface area contributed by atoms with Crippen LogP contribution in [0.4, 0.5) is 0 Å². The molecule has 0 aliphatic heterocycles. The Kier molecular flexibility index (Phi) is 6.18. The van der Waals surface area contributed by atoms with Crippen LogP contribution in [0, 0.1) is 0 Å². The van der Waals surface area contributed by atoms with Gasteiger partial charge < -0.3 is 14.9 Å². The van der Waals surface area contributed by atoms with Gasteiger partial charge in [-0.15, -0.1) is 11.3 Å². The minimum absolute atomic E-state index is 0.125. The Morgan fingerprint density at radius 1 is 1.32 bits per heavy atom. The summed E-state index contributed by atoms with van der Waals surface area (Å²) in [6, 6.07) is 5.23. The summed E-state index contributed by atoms with van der Waals surface area (Å²) in [7, 11) is 1.53. The first-order valence-electron chi connectivity index (χ1n) is 7.33. The number of hydrogen-bond donors (Lipinski definition) is 2. The van der Waals surface area contributed by atoms with Crippen LogP contribution >= 0.6 is 11.3 Å². The second-order valence-corrected chi connectivity index (χ2v) is 5.89. The van der Waals surface area contributed by atoms with Crippen molar-refractivity contribution in [1.82, 2.24) is 9.88 Å². The Hall–Kier alpha value is -1.63. The summed E-state index contributed by atoms with van der Waals surface area (Å²) in [5.41, 5.74) is 1.92. The molecule has 22 heavy (non-hydrogen) atoms. The molecule has 0 spiro atoms. The largest absolute Gasteiger partial charge is 0.504 e. The summed E-state index contributed by atoms with van der Waals surface area (Å²) >= 11 is 1.57. The van der Waals surface area contributed by atoms with Crippen LogP contribution < -0.4 is 4.74 Å². The number of thiazole rings is 1. The van der Waals surface area contributed by atoms with Crippen molar-refractivity contribution in [1.29, 1.82) is 0 Å². The zero-order chi connectivity index (χ0) is 15.9. The number of phenols is 1. The van der Waals surface area contributed by atoms with E-state index in [4.69, 9.17) is 9.84 Å². The standard InChI is InChI=1S/C16H22N2O3S/c1-3-6-18(7-8-19)10-13-11-22-16(17-13)12-4-5-14(20)15(9-12)21-2/h4-5,9,11,19-20H,3,6-8,10H2,1-2H3. The minimum Gasteiger partial charge on any atom is -0.504 e. The molecule has 6 heteroatoms. The third-order valence-electron chi connectivity index (χ3n) is 3.32. The third-order valence-corrected chi connectivity index (χ3v) is 4.26. The van der Waals surface area contributed by atoms with Gasteiger partial charge in [0.05, 0.1) is 19.4 Å². The molecule has 0 saturated heterocycles. The molecule has 0 bridgehead atoms. The molecule has 2 aromatic rings. The van der Waals surface area contributed by atoms with Gasteiger partial charge >= 0.3 is 0 Å². The van der Waals surface area contributed by atoms with Crippen molar-refractivity contribution in [2.24, 2.45) is 0 Å². The van der Waals surface area contributed by atoms with E-state index in [1.807, 2.05) is 11.4 Å². The second kappa shape index (κ2) is 8.12. The van der Waals surface area contributed by atoms with Gasteiger partial charge in [0.2, 0.25) is 0 Å². The predicted molar refractivity (Wildman–Crippen MR) is 88.4 cm³/mol. The van der Waals surface area contributed by atoms with Crippen molar-refractivity contribution >= 4 is 11.3 Å². The predicted octanol–water partition coefficient (Wildman–Crippen LogP) is 2.73. The van der Waals surface area contributed by atoms with E-state index in [1.165, 1.54) is 7.11 Å². The van der Waals surface area contributed by atoms with E-state index in [-0.39, 0.29) is 12.4 Å². The number of aromatic nitrogens is 1. The maximum atomic E-state index is 9.65. The van der Waals surface area contributed by atoms with Crippen LogP contribution in [0.2, 0.25) is 0 Å². The van der Waals surface area contributed by atoms with Gasteiger partial charge in [0.25, 0.3) is 0 Å². The zero-order valence-electron chi connectivity index (χ0n) is 13.0. The molecule has 5 nitrogen and oxygen atoms in total. The van der Waals surface area contributed by atoms with E-state index in [0.717, 1.165) is 35.8 Å². The highest BCUT2D eigenvalue weighted by Crippen LogP contribution is 2.32. The second-order valence-electron chi connectivity index (χ2n) is 5.03. The molecule has 0 amide bonds. The molecule has 2 rings (SSSR count). The van der Waals surface area contributed by atoms with Crippen LogP contribution in [0.25, 0.3) is 10.6 Å². The van der Waals surface area contributed by atoms with E-state index < -0.39 is 0 Å². The maximum absolute atomic E-state index is 9.65. The van der Waals surface area contributed by atoms with Crippen molar-refractivity contribution in [3.05, 3.63) is 29.3 Å². The smallest absolute Gasteiger partial charge is 0.161 e. The number of phenolic OH excluding ortho intramolecular Hbond substituents is 1. The Labute approximate surface area is 134 Å². The van der Waals surface area contributed by atoms with Gasteiger partial charge in [-0.25, -0.2) is 4.98 Å². The van der Waals surface area contributed by atoms with E-state index in [9.17, 15) is 5.11 Å². The molecule has 2 N–H and O–H groups in total. The molecule has 120 valence electrons. The number of aliphatic hydroxyl groups is 1.